The van der Waals surface area contributed by atoms with E-state index in [1.165, 1.54) is 0 Å². The summed E-state index contributed by atoms with van der Waals surface area (Å²) in [5.74, 6) is 1.71. The van der Waals surface area contributed by atoms with Crippen LogP contribution in [0.4, 0.5) is 16.3 Å². The number of benzene rings is 1. The van der Waals surface area contributed by atoms with E-state index >= 15 is 0 Å². The van der Waals surface area contributed by atoms with Gasteiger partial charge in [-0.05, 0) is 59.7 Å². The molecule has 1 saturated heterocycles. The largest absolute Gasteiger partial charge is 0.353 e. The molecule has 3 amide bonds. The van der Waals surface area contributed by atoms with E-state index in [1.807, 2.05) is 52.0 Å². The molecular formula is C23H27N9O2. The van der Waals surface area contributed by atoms with Crippen LogP contribution in [0, 0.1) is 0 Å². The van der Waals surface area contributed by atoms with Crippen LogP contribution in [-0.2, 0) is 4.79 Å². The van der Waals surface area contributed by atoms with Gasteiger partial charge in [0.2, 0.25) is 5.91 Å². The van der Waals surface area contributed by atoms with Gasteiger partial charge in [0.25, 0.3) is 0 Å². The molecule has 0 bridgehead atoms. The summed E-state index contributed by atoms with van der Waals surface area (Å²) in [6.45, 7) is 3.08. The molecule has 1 aliphatic carbocycles. The monoisotopic (exact) mass is 461 g/mol. The number of tetrazole rings is 1. The minimum Gasteiger partial charge on any atom is -0.353 e. The van der Waals surface area contributed by atoms with Gasteiger partial charge in [-0.3, -0.25) is 4.79 Å². The number of nitrogens with one attached hydrogen (secondary N) is 2. The number of hydrogen-bond acceptors (Lipinski definition) is 7. The summed E-state index contributed by atoms with van der Waals surface area (Å²) in [6, 6.07) is 13.3. The third kappa shape index (κ3) is 5.13. The van der Waals surface area contributed by atoms with Gasteiger partial charge in [-0.2, -0.15) is 0 Å². The molecule has 3 aromatic rings. The minimum absolute atomic E-state index is 0.0405. The molecule has 3 heterocycles. The van der Waals surface area contributed by atoms with Crippen LogP contribution in [0.3, 0.4) is 0 Å². The van der Waals surface area contributed by atoms with Crippen molar-refractivity contribution in [2.24, 2.45) is 0 Å². The Hall–Kier alpha value is -4.02. The number of nitrogens with zero attached hydrogens (tertiary/aromatic N) is 7. The van der Waals surface area contributed by atoms with Crippen LogP contribution in [0.15, 0.2) is 48.7 Å². The first kappa shape index (κ1) is 21.8. The molecule has 11 heteroatoms. The molecule has 2 aromatic heterocycles. The fourth-order valence-electron chi connectivity index (χ4n) is 3.99. The van der Waals surface area contributed by atoms with Crippen molar-refractivity contribution in [3.8, 4) is 11.4 Å². The molecule has 0 unspecified atom stereocenters. The fourth-order valence-corrected chi connectivity index (χ4v) is 3.99. The Balaban J connectivity index is 1.04. The Labute approximate surface area is 197 Å². The van der Waals surface area contributed by atoms with Crippen LogP contribution in [0.2, 0.25) is 0 Å². The van der Waals surface area contributed by atoms with Crippen LogP contribution < -0.4 is 15.5 Å². The molecule has 2 aliphatic rings. The predicted molar refractivity (Wildman–Crippen MR) is 126 cm³/mol. The number of carbonyl (C=O) groups excluding carboxylic acids is 2. The summed E-state index contributed by atoms with van der Waals surface area (Å²) >= 11 is 0. The molecule has 34 heavy (non-hydrogen) atoms. The average Bonchev–Trinajstić information content (AvgIpc) is 3.61. The van der Waals surface area contributed by atoms with Crippen molar-refractivity contribution in [2.75, 3.05) is 42.9 Å². The summed E-state index contributed by atoms with van der Waals surface area (Å²) < 4.78 is 1.85. The number of piperazine rings is 1. The summed E-state index contributed by atoms with van der Waals surface area (Å²) in [7, 11) is 0. The van der Waals surface area contributed by atoms with Gasteiger partial charge >= 0.3 is 6.03 Å². The lowest BCUT2D eigenvalue weighted by atomic mass is 10.2. The zero-order valence-electron chi connectivity index (χ0n) is 18.8. The Kier molecular flexibility index (Phi) is 6.32. The van der Waals surface area contributed by atoms with E-state index in [9.17, 15) is 9.59 Å². The minimum atomic E-state index is -0.344. The van der Waals surface area contributed by atoms with Crippen LogP contribution in [0.5, 0.6) is 0 Å². The maximum absolute atomic E-state index is 12.5. The highest BCUT2D eigenvalue weighted by Gasteiger charge is 2.28. The van der Waals surface area contributed by atoms with Crippen molar-refractivity contribution >= 4 is 23.4 Å². The second-order valence-electron chi connectivity index (χ2n) is 8.44. The summed E-state index contributed by atoms with van der Waals surface area (Å²) in [5.41, 5.74) is 1.56. The van der Waals surface area contributed by atoms with Crippen LogP contribution in [0.1, 0.15) is 25.3 Å². The SMILES string of the molecule is O=C(NCCC(=O)N1CCN(c2ccccn2)CC1)Nc1ccc(-c2nnnn2C2CC2)cc1. The highest BCUT2D eigenvalue weighted by Crippen LogP contribution is 2.36. The molecule has 2 N–H and O–H groups in total. The van der Waals surface area contributed by atoms with E-state index in [1.54, 1.807) is 6.20 Å². The maximum atomic E-state index is 12.5. The highest BCUT2D eigenvalue weighted by atomic mass is 16.2. The molecule has 11 nitrogen and oxygen atoms in total. The number of pyridine rings is 1. The van der Waals surface area contributed by atoms with Crippen molar-refractivity contribution in [2.45, 2.75) is 25.3 Å². The van der Waals surface area contributed by atoms with Crippen molar-refractivity contribution in [3.63, 3.8) is 0 Å². The standard InChI is InChI=1S/C23H27N9O2/c33-21(31-15-13-30(14-16-31)20-3-1-2-11-24-20)10-12-25-23(34)26-18-6-4-17(5-7-18)22-27-28-29-32(22)19-8-9-19/h1-7,11,19H,8-10,12-16H2,(H2,25,26,34). The number of amides is 3. The number of aromatic nitrogens is 5. The van der Waals surface area contributed by atoms with Gasteiger partial charge < -0.3 is 20.4 Å². The quantitative estimate of drug-likeness (QED) is 0.551. The predicted octanol–water partition coefficient (Wildman–Crippen LogP) is 1.93. The molecule has 2 fully saturated rings. The number of rotatable bonds is 7. The number of carbonyl (C=O) groups is 2. The topological polar surface area (TPSA) is 121 Å². The summed E-state index contributed by atoms with van der Waals surface area (Å²) in [4.78, 5) is 33.1. The van der Waals surface area contributed by atoms with Crippen LogP contribution in [0.25, 0.3) is 11.4 Å². The summed E-state index contributed by atoms with van der Waals surface area (Å²) in [5, 5.41) is 17.5. The second kappa shape index (κ2) is 9.86. The number of urea groups is 1. The normalized spacial score (nSPS) is 15.8. The van der Waals surface area contributed by atoms with Crippen molar-refractivity contribution in [3.05, 3.63) is 48.7 Å². The fraction of sp³-hybridized carbons (Fsp3) is 0.391. The van der Waals surface area contributed by atoms with Gasteiger partial charge in [0.1, 0.15) is 5.82 Å². The lowest BCUT2D eigenvalue weighted by Crippen LogP contribution is -2.49. The molecule has 1 aliphatic heterocycles. The zero-order chi connectivity index (χ0) is 23.3. The van der Waals surface area contributed by atoms with Gasteiger partial charge in [0.15, 0.2) is 5.82 Å². The first-order chi connectivity index (χ1) is 16.7. The van der Waals surface area contributed by atoms with E-state index in [-0.39, 0.29) is 24.9 Å². The van der Waals surface area contributed by atoms with E-state index < -0.39 is 0 Å². The van der Waals surface area contributed by atoms with Crippen molar-refractivity contribution in [1.29, 1.82) is 0 Å². The van der Waals surface area contributed by atoms with Crippen molar-refractivity contribution in [1.82, 2.24) is 35.4 Å². The van der Waals surface area contributed by atoms with Gasteiger partial charge in [-0.1, -0.05) is 6.07 Å². The summed E-state index contributed by atoms with van der Waals surface area (Å²) in [6.07, 6.45) is 4.24. The van der Waals surface area contributed by atoms with Gasteiger partial charge in [0, 0.05) is 56.6 Å². The molecule has 0 atom stereocenters. The smallest absolute Gasteiger partial charge is 0.319 e. The molecule has 1 saturated carbocycles. The molecule has 0 radical (unpaired) electrons. The highest BCUT2D eigenvalue weighted by molar-refractivity contribution is 5.89. The molecule has 1 aromatic carbocycles. The van der Waals surface area contributed by atoms with Gasteiger partial charge in [-0.25, -0.2) is 14.5 Å². The zero-order valence-corrected chi connectivity index (χ0v) is 18.8. The Morgan fingerprint density at radius 1 is 1.00 bits per heavy atom. The molecule has 5 rings (SSSR count). The van der Waals surface area contributed by atoms with E-state index in [0.717, 1.165) is 43.1 Å². The van der Waals surface area contributed by atoms with E-state index in [4.69, 9.17) is 0 Å². The number of hydrogen-bond donors (Lipinski definition) is 2. The lowest BCUT2D eigenvalue weighted by Gasteiger charge is -2.35. The Bertz CT molecular complexity index is 1120. The maximum Gasteiger partial charge on any atom is 0.319 e. The second-order valence-corrected chi connectivity index (χ2v) is 8.44. The van der Waals surface area contributed by atoms with Gasteiger partial charge in [0.05, 0.1) is 6.04 Å². The van der Waals surface area contributed by atoms with Gasteiger partial charge in [-0.15, -0.1) is 5.10 Å². The number of anilines is 2. The first-order valence-corrected chi connectivity index (χ1v) is 11.5. The molecule has 0 spiro atoms. The average molecular weight is 462 g/mol. The van der Waals surface area contributed by atoms with E-state index in [2.05, 4.69) is 36.0 Å². The van der Waals surface area contributed by atoms with Crippen molar-refractivity contribution < 1.29 is 9.59 Å². The molecular weight excluding hydrogens is 434 g/mol. The molecule has 176 valence electrons. The Morgan fingerprint density at radius 2 is 1.79 bits per heavy atom. The van der Waals surface area contributed by atoms with Crippen LogP contribution >= 0.6 is 0 Å². The third-order valence-corrected chi connectivity index (χ3v) is 6.02. The van der Waals surface area contributed by atoms with Crippen LogP contribution in [-0.4, -0.2) is 74.8 Å². The van der Waals surface area contributed by atoms with E-state index in [0.29, 0.717) is 24.8 Å². The Morgan fingerprint density at radius 3 is 2.50 bits per heavy atom. The third-order valence-electron chi connectivity index (χ3n) is 6.02. The lowest BCUT2D eigenvalue weighted by molar-refractivity contribution is -0.131. The first-order valence-electron chi connectivity index (χ1n) is 11.5.